The molecule has 2 unspecified atom stereocenters. The van der Waals surface area contributed by atoms with E-state index in [4.69, 9.17) is 16.3 Å². The number of methoxy groups -OCH3 is 1. The number of aliphatic hydroxyl groups is 1. The van der Waals surface area contributed by atoms with E-state index in [1.54, 1.807) is 7.11 Å². The molecule has 1 rings (SSSR count). The lowest BCUT2D eigenvalue weighted by Crippen LogP contribution is -2.42. The maximum Gasteiger partial charge on any atom is 0.0909 e. The maximum absolute atomic E-state index is 10.4. The van der Waals surface area contributed by atoms with Crippen LogP contribution >= 0.6 is 11.6 Å². The molecule has 4 nitrogen and oxygen atoms in total. The summed E-state index contributed by atoms with van der Waals surface area (Å²) in [6.45, 7) is 8.72. The SMILES string of the molecule is CCc1nn(CC)c(CC(O)C(C)(CC)OC)c1Cl. The van der Waals surface area contributed by atoms with Crippen molar-refractivity contribution in [2.75, 3.05) is 7.11 Å². The molecular formula is C14H25ClN2O2. The highest BCUT2D eigenvalue weighted by Crippen LogP contribution is 2.27. The fourth-order valence-corrected chi connectivity index (χ4v) is 2.47. The van der Waals surface area contributed by atoms with Crippen LogP contribution in [0.4, 0.5) is 0 Å². The first-order valence-electron chi connectivity index (χ1n) is 6.90. The second-order valence-corrected chi connectivity index (χ2v) is 5.34. The number of hydrogen-bond donors (Lipinski definition) is 1. The summed E-state index contributed by atoms with van der Waals surface area (Å²) in [6, 6.07) is 0. The van der Waals surface area contributed by atoms with Gasteiger partial charge < -0.3 is 9.84 Å². The van der Waals surface area contributed by atoms with Crippen LogP contribution < -0.4 is 0 Å². The number of aromatic nitrogens is 2. The standard InChI is InChI=1S/C14H25ClN2O2/c1-6-10-13(15)11(17(8-3)16-10)9-12(18)14(4,7-2)19-5/h12,18H,6-9H2,1-5H3. The minimum absolute atomic E-state index is 0.456. The van der Waals surface area contributed by atoms with Gasteiger partial charge in [-0.1, -0.05) is 25.4 Å². The van der Waals surface area contributed by atoms with E-state index in [0.717, 1.165) is 30.8 Å². The van der Waals surface area contributed by atoms with E-state index < -0.39 is 11.7 Å². The molecule has 1 aromatic rings. The average molecular weight is 289 g/mol. The number of halogens is 1. The zero-order valence-electron chi connectivity index (χ0n) is 12.5. The lowest BCUT2D eigenvalue weighted by Gasteiger charge is -2.32. The second-order valence-electron chi connectivity index (χ2n) is 4.97. The number of ether oxygens (including phenoxy) is 1. The summed E-state index contributed by atoms with van der Waals surface area (Å²) in [6.07, 6.45) is 1.39. The van der Waals surface area contributed by atoms with Crippen LogP contribution in [0.5, 0.6) is 0 Å². The third-order valence-corrected chi connectivity index (χ3v) is 4.39. The third-order valence-electron chi connectivity index (χ3n) is 3.95. The Morgan fingerprint density at radius 3 is 2.47 bits per heavy atom. The van der Waals surface area contributed by atoms with Crippen LogP contribution in [0, 0.1) is 0 Å². The van der Waals surface area contributed by atoms with E-state index in [2.05, 4.69) is 5.10 Å². The fraction of sp³-hybridized carbons (Fsp3) is 0.786. The van der Waals surface area contributed by atoms with Crippen LogP contribution in [0.2, 0.25) is 5.02 Å². The van der Waals surface area contributed by atoms with Gasteiger partial charge in [0, 0.05) is 20.1 Å². The van der Waals surface area contributed by atoms with Crippen molar-refractivity contribution in [1.82, 2.24) is 9.78 Å². The molecule has 0 aliphatic carbocycles. The monoisotopic (exact) mass is 288 g/mol. The Labute approximate surface area is 120 Å². The van der Waals surface area contributed by atoms with Crippen molar-refractivity contribution >= 4 is 11.6 Å². The van der Waals surface area contributed by atoms with Crippen LogP contribution in [-0.2, 0) is 24.1 Å². The minimum atomic E-state index is -0.605. The summed E-state index contributed by atoms with van der Waals surface area (Å²) in [5, 5.41) is 15.6. The molecule has 0 bridgehead atoms. The minimum Gasteiger partial charge on any atom is -0.390 e. The first kappa shape index (κ1) is 16.5. The Kier molecular flexibility index (Phi) is 5.83. The molecule has 0 aliphatic rings. The molecule has 1 N–H and O–H groups in total. The molecule has 0 fully saturated rings. The molecule has 0 saturated carbocycles. The van der Waals surface area contributed by atoms with Gasteiger partial charge in [-0.2, -0.15) is 5.10 Å². The van der Waals surface area contributed by atoms with E-state index in [0.29, 0.717) is 11.4 Å². The molecule has 0 radical (unpaired) electrons. The fourth-order valence-electron chi connectivity index (χ4n) is 2.13. The van der Waals surface area contributed by atoms with E-state index in [1.807, 2.05) is 32.4 Å². The summed E-state index contributed by atoms with van der Waals surface area (Å²) >= 11 is 6.35. The van der Waals surface area contributed by atoms with Crippen LogP contribution in [0.15, 0.2) is 0 Å². The summed E-state index contributed by atoms with van der Waals surface area (Å²) < 4.78 is 7.32. The maximum atomic E-state index is 10.4. The molecule has 2 atom stereocenters. The molecule has 5 heteroatoms. The lowest BCUT2D eigenvalue weighted by molar-refractivity contribution is -0.0920. The first-order valence-corrected chi connectivity index (χ1v) is 7.28. The number of aliphatic hydroxyl groups excluding tert-OH is 1. The van der Waals surface area contributed by atoms with E-state index in [1.165, 1.54) is 0 Å². The van der Waals surface area contributed by atoms with Crippen molar-refractivity contribution in [3.05, 3.63) is 16.4 Å². The van der Waals surface area contributed by atoms with Crippen molar-refractivity contribution in [2.45, 2.75) is 65.2 Å². The van der Waals surface area contributed by atoms with Gasteiger partial charge in [0.25, 0.3) is 0 Å². The van der Waals surface area contributed by atoms with Crippen molar-refractivity contribution < 1.29 is 9.84 Å². The van der Waals surface area contributed by atoms with Gasteiger partial charge in [-0.25, -0.2) is 0 Å². The number of hydrogen-bond acceptors (Lipinski definition) is 3. The first-order chi connectivity index (χ1) is 8.93. The Hall–Kier alpha value is -0.580. The van der Waals surface area contributed by atoms with Gasteiger partial charge >= 0.3 is 0 Å². The molecule has 0 amide bonds. The van der Waals surface area contributed by atoms with Gasteiger partial charge in [-0.05, 0) is 26.7 Å². The van der Waals surface area contributed by atoms with Crippen LogP contribution in [0.3, 0.4) is 0 Å². The summed E-state index contributed by atoms with van der Waals surface area (Å²) in [7, 11) is 1.63. The average Bonchev–Trinajstić information content (AvgIpc) is 2.74. The highest BCUT2D eigenvalue weighted by Gasteiger charge is 2.32. The quantitative estimate of drug-likeness (QED) is 0.839. The second kappa shape index (κ2) is 6.73. The summed E-state index contributed by atoms with van der Waals surface area (Å²) in [5.41, 5.74) is 1.23. The Morgan fingerprint density at radius 2 is 2.05 bits per heavy atom. The zero-order valence-corrected chi connectivity index (χ0v) is 13.3. The number of aryl methyl sites for hydroxylation is 2. The van der Waals surface area contributed by atoms with Crippen LogP contribution in [0.25, 0.3) is 0 Å². The highest BCUT2D eigenvalue weighted by molar-refractivity contribution is 6.31. The van der Waals surface area contributed by atoms with Gasteiger partial charge in [0.2, 0.25) is 0 Å². The smallest absolute Gasteiger partial charge is 0.0909 e. The topological polar surface area (TPSA) is 47.3 Å². The largest absolute Gasteiger partial charge is 0.390 e. The molecule has 0 saturated heterocycles. The van der Waals surface area contributed by atoms with Crippen molar-refractivity contribution in [3.8, 4) is 0 Å². The van der Waals surface area contributed by atoms with Gasteiger partial charge in [-0.15, -0.1) is 0 Å². The van der Waals surface area contributed by atoms with Gasteiger partial charge in [-0.3, -0.25) is 4.68 Å². The Balaban J connectivity index is 3.02. The Morgan fingerprint density at radius 1 is 1.42 bits per heavy atom. The zero-order chi connectivity index (χ0) is 14.6. The lowest BCUT2D eigenvalue weighted by atomic mass is 9.92. The molecular weight excluding hydrogens is 264 g/mol. The predicted octanol–water partition coefficient (Wildman–Crippen LogP) is 2.84. The molecule has 0 aliphatic heterocycles. The number of rotatable bonds is 7. The van der Waals surface area contributed by atoms with E-state index in [-0.39, 0.29) is 0 Å². The van der Waals surface area contributed by atoms with Gasteiger partial charge in [0.05, 0.1) is 28.1 Å². The van der Waals surface area contributed by atoms with Crippen molar-refractivity contribution in [3.63, 3.8) is 0 Å². The molecule has 0 spiro atoms. The normalized spacial score (nSPS) is 16.4. The van der Waals surface area contributed by atoms with E-state index in [9.17, 15) is 5.11 Å². The summed E-state index contributed by atoms with van der Waals surface area (Å²) in [4.78, 5) is 0. The van der Waals surface area contributed by atoms with Crippen molar-refractivity contribution in [2.24, 2.45) is 0 Å². The molecule has 1 heterocycles. The van der Waals surface area contributed by atoms with Crippen LogP contribution in [0.1, 0.15) is 45.5 Å². The highest BCUT2D eigenvalue weighted by atomic mass is 35.5. The molecule has 110 valence electrons. The summed E-state index contributed by atoms with van der Waals surface area (Å²) in [5.74, 6) is 0. The Bertz CT molecular complexity index is 414. The van der Waals surface area contributed by atoms with Crippen LogP contribution in [-0.4, -0.2) is 33.7 Å². The van der Waals surface area contributed by atoms with Gasteiger partial charge in [0.1, 0.15) is 0 Å². The van der Waals surface area contributed by atoms with E-state index >= 15 is 0 Å². The van der Waals surface area contributed by atoms with Gasteiger partial charge in [0.15, 0.2) is 0 Å². The predicted molar refractivity (Wildman–Crippen MR) is 77.7 cm³/mol. The number of nitrogens with zero attached hydrogens (tertiary/aromatic N) is 2. The third kappa shape index (κ3) is 3.30. The van der Waals surface area contributed by atoms with Crippen molar-refractivity contribution in [1.29, 1.82) is 0 Å². The molecule has 19 heavy (non-hydrogen) atoms. The molecule has 1 aromatic heterocycles. The molecule has 0 aromatic carbocycles.